The molecule has 0 saturated heterocycles. The van der Waals surface area contributed by atoms with Crippen molar-refractivity contribution in [2.24, 2.45) is 0 Å². The second-order valence-corrected chi connectivity index (χ2v) is 17.3. The zero-order valence-corrected chi connectivity index (χ0v) is 34.9. The summed E-state index contributed by atoms with van der Waals surface area (Å²) < 4.78 is 7.54. The summed E-state index contributed by atoms with van der Waals surface area (Å²) in [6, 6.07) is 63.2. The van der Waals surface area contributed by atoms with Gasteiger partial charge in [-0.25, -0.2) is 0 Å². The Labute approximate surface area is 358 Å². The first-order chi connectivity index (χ1) is 30.5. The molecule has 0 saturated carbocycles. The normalized spacial score (nSPS) is 14.4. The van der Waals surface area contributed by atoms with Crippen LogP contribution in [0.3, 0.4) is 0 Å². The molecule has 8 aromatic carbocycles. The molecule has 0 unspecified atom stereocenters. The van der Waals surface area contributed by atoms with E-state index in [1.807, 2.05) is 6.08 Å². The molecule has 0 radical (unpaired) electrons. The molecule has 62 heavy (non-hydrogen) atoms. The minimum absolute atomic E-state index is 0.193. The van der Waals surface area contributed by atoms with Crippen LogP contribution in [0.5, 0.6) is 0 Å². The summed E-state index contributed by atoms with van der Waals surface area (Å²) >= 11 is 0. The molecule has 0 aliphatic carbocycles. The van der Waals surface area contributed by atoms with Gasteiger partial charge in [0.1, 0.15) is 0 Å². The van der Waals surface area contributed by atoms with E-state index >= 15 is 0 Å². The zero-order valence-electron chi connectivity index (χ0n) is 34.9. The number of fused-ring (bicyclic) bond motifs is 14. The van der Waals surface area contributed by atoms with E-state index in [2.05, 4.69) is 228 Å². The van der Waals surface area contributed by atoms with Crippen LogP contribution in [0.1, 0.15) is 26.3 Å². The first-order valence-electron chi connectivity index (χ1n) is 21.6. The smallest absolute Gasteiger partial charge is 0.0724 e. The minimum Gasteiger partial charge on any atom is -0.310 e. The van der Waals surface area contributed by atoms with Crippen LogP contribution >= 0.6 is 0 Å². The van der Waals surface area contributed by atoms with Gasteiger partial charge in [-0.15, -0.1) is 0 Å². The topological polar surface area (TPSA) is 17.0 Å². The zero-order chi connectivity index (χ0) is 41.4. The van der Waals surface area contributed by atoms with Gasteiger partial charge in [0.05, 0.1) is 49.8 Å². The number of para-hydroxylation sites is 6. The van der Waals surface area contributed by atoms with E-state index < -0.39 is 0 Å². The van der Waals surface area contributed by atoms with Crippen molar-refractivity contribution >= 4 is 98.6 Å². The van der Waals surface area contributed by atoms with Crippen molar-refractivity contribution in [3.63, 3.8) is 0 Å². The summed E-state index contributed by atoms with van der Waals surface area (Å²) in [5, 5.41) is 9.96. The van der Waals surface area contributed by atoms with Gasteiger partial charge in [-0.2, -0.15) is 0 Å². The van der Waals surface area contributed by atoms with E-state index in [9.17, 15) is 0 Å². The quantitative estimate of drug-likeness (QED) is 0.173. The molecular formula is C58H42N4. The maximum Gasteiger partial charge on any atom is 0.0724 e. The molecule has 294 valence electrons. The highest BCUT2D eigenvalue weighted by Crippen LogP contribution is 2.49. The molecule has 4 aromatic heterocycles. The van der Waals surface area contributed by atoms with E-state index in [4.69, 9.17) is 0 Å². The summed E-state index contributed by atoms with van der Waals surface area (Å²) in [6.07, 6.45) is 6.40. The summed E-state index contributed by atoms with van der Waals surface area (Å²) in [5.41, 5.74) is 16.4. The average molecular weight is 795 g/mol. The lowest BCUT2D eigenvalue weighted by Crippen LogP contribution is -2.33. The third-order valence-corrected chi connectivity index (χ3v) is 13.8. The maximum atomic E-state index is 4.31. The Balaban J connectivity index is 1.16. The highest BCUT2D eigenvalue weighted by Gasteiger charge is 2.36. The number of hydrogen-bond acceptors (Lipinski definition) is 1. The van der Waals surface area contributed by atoms with E-state index in [0.717, 1.165) is 28.1 Å². The molecule has 0 amide bonds. The molecule has 4 heteroatoms. The van der Waals surface area contributed by atoms with Gasteiger partial charge in [0, 0.05) is 65.6 Å². The predicted molar refractivity (Wildman–Crippen MR) is 264 cm³/mol. The number of anilines is 2. The summed E-state index contributed by atoms with van der Waals surface area (Å²) in [5.74, 6) is 0. The Kier molecular flexibility index (Phi) is 7.11. The number of nitrogens with zero attached hydrogens (tertiary/aromatic N) is 4. The van der Waals surface area contributed by atoms with E-state index in [1.54, 1.807) is 0 Å². The van der Waals surface area contributed by atoms with Crippen LogP contribution in [-0.2, 0) is 5.41 Å². The number of benzene rings is 8. The second-order valence-electron chi connectivity index (χ2n) is 17.3. The van der Waals surface area contributed by atoms with E-state index in [1.165, 1.54) is 93.0 Å². The van der Waals surface area contributed by atoms with Crippen LogP contribution in [0.25, 0.3) is 92.9 Å². The molecule has 13 rings (SSSR count). The molecule has 0 bridgehead atoms. The standard InChI is InChI=1S/C58H42N4/c1-5-17-51-46(6-2)58(3,4)47-25-10-14-29-52(47)60(51)37-32-30-36(31-33-37)59-48-26-11-9-20-40(48)45-34-54-55(35-53(45)59)62-50-28-13-8-19-39(50)42-22-16-24-44(57(42)62)43-23-15-21-41-38-18-7-12-27-49(38)61(54)56(41)43/h5-35H,2H2,1,3-4H3/b17-5-. The lowest BCUT2D eigenvalue weighted by atomic mass is 9.73. The summed E-state index contributed by atoms with van der Waals surface area (Å²) in [6.45, 7) is 11.0. The highest BCUT2D eigenvalue weighted by molar-refractivity contribution is 6.26. The van der Waals surface area contributed by atoms with Gasteiger partial charge >= 0.3 is 0 Å². The number of aromatic nitrogens is 3. The van der Waals surface area contributed by atoms with Gasteiger partial charge in [0.2, 0.25) is 0 Å². The average Bonchev–Trinajstić information content (AvgIpc) is 3.94. The van der Waals surface area contributed by atoms with Crippen LogP contribution in [-0.4, -0.2) is 13.4 Å². The monoisotopic (exact) mass is 794 g/mol. The van der Waals surface area contributed by atoms with Gasteiger partial charge in [-0.05, 0) is 84.8 Å². The molecular weight excluding hydrogens is 753 g/mol. The van der Waals surface area contributed by atoms with Crippen LogP contribution in [0.15, 0.2) is 206 Å². The first-order valence-corrected chi connectivity index (χ1v) is 21.6. The third kappa shape index (κ3) is 4.45. The SMILES string of the molecule is C=CC1=C(/C=C\C)N(c2ccc(-n3c4ccccc4c4cc5c(cc43)n3c4ccccc4c4cccc(c6cccc7c8ccccc8n5c76)c43)cc2)c2ccccc2C1(C)C. The van der Waals surface area contributed by atoms with Crippen LogP contribution in [0.2, 0.25) is 0 Å². The van der Waals surface area contributed by atoms with Crippen molar-refractivity contribution < 1.29 is 0 Å². The van der Waals surface area contributed by atoms with Gasteiger partial charge in [0.25, 0.3) is 0 Å². The van der Waals surface area contributed by atoms with Crippen LogP contribution in [0.4, 0.5) is 11.4 Å². The van der Waals surface area contributed by atoms with E-state index in [-0.39, 0.29) is 5.41 Å². The Bertz CT molecular complexity index is 3980. The fourth-order valence-electron chi connectivity index (χ4n) is 11.2. The van der Waals surface area contributed by atoms with Crippen molar-refractivity contribution in [3.8, 4) is 5.69 Å². The first kappa shape index (κ1) is 35.0. The van der Waals surface area contributed by atoms with Crippen LogP contribution < -0.4 is 4.90 Å². The van der Waals surface area contributed by atoms with Crippen molar-refractivity contribution in [1.29, 1.82) is 0 Å². The second kappa shape index (κ2) is 12.6. The lowest BCUT2D eigenvalue weighted by molar-refractivity contribution is 0.621. The van der Waals surface area contributed by atoms with Gasteiger partial charge < -0.3 is 18.3 Å². The lowest BCUT2D eigenvalue weighted by Gasteiger charge is -2.42. The molecule has 0 N–H and O–H groups in total. The fraction of sp³-hybridized carbons (Fsp3) is 0.0690. The van der Waals surface area contributed by atoms with E-state index in [0.29, 0.717) is 0 Å². The van der Waals surface area contributed by atoms with Crippen molar-refractivity contribution in [2.75, 3.05) is 4.90 Å². The molecule has 1 aliphatic rings. The largest absolute Gasteiger partial charge is 0.310 e. The Hall–Kier alpha value is -7.82. The molecule has 5 heterocycles. The third-order valence-electron chi connectivity index (χ3n) is 13.8. The van der Waals surface area contributed by atoms with Crippen LogP contribution in [0, 0.1) is 0 Å². The Morgan fingerprint density at radius 2 is 0.935 bits per heavy atom. The maximum absolute atomic E-state index is 4.31. The van der Waals surface area contributed by atoms with Crippen molar-refractivity contribution in [3.05, 3.63) is 211 Å². The highest BCUT2D eigenvalue weighted by atomic mass is 15.2. The molecule has 1 aliphatic heterocycles. The predicted octanol–water partition coefficient (Wildman–Crippen LogP) is 15.5. The van der Waals surface area contributed by atoms with Gasteiger partial charge in [-0.3, -0.25) is 0 Å². The molecule has 0 atom stereocenters. The van der Waals surface area contributed by atoms with Gasteiger partial charge in [0.15, 0.2) is 0 Å². The Morgan fingerprint density at radius 3 is 1.53 bits per heavy atom. The molecule has 4 nitrogen and oxygen atoms in total. The fourth-order valence-corrected chi connectivity index (χ4v) is 11.2. The molecule has 0 fully saturated rings. The number of allylic oxidation sites excluding steroid dienone is 4. The Morgan fingerprint density at radius 1 is 0.452 bits per heavy atom. The minimum atomic E-state index is -0.193. The summed E-state index contributed by atoms with van der Waals surface area (Å²) in [7, 11) is 0. The molecule has 12 aromatic rings. The number of rotatable bonds is 4. The summed E-state index contributed by atoms with van der Waals surface area (Å²) in [4.78, 5) is 2.40. The van der Waals surface area contributed by atoms with Crippen molar-refractivity contribution in [1.82, 2.24) is 13.4 Å². The number of hydrogen-bond donors (Lipinski definition) is 0. The van der Waals surface area contributed by atoms with Gasteiger partial charge in [-0.1, -0.05) is 142 Å². The molecule has 0 spiro atoms. The van der Waals surface area contributed by atoms with Crippen molar-refractivity contribution in [2.45, 2.75) is 26.2 Å².